The van der Waals surface area contributed by atoms with Gasteiger partial charge in [-0.3, -0.25) is 4.79 Å². The Morgan fingerprint density at radius 1 is 1.37 bits per heavy atom. The van der Waals surface area contributed by atoms with Crippen LogP contribution in [0.1, 0.15) is 12.0 Å². The molecule has 1 saturated heterocycles. The lowest BCUT2D eigenvalue weighted by Crippen LogP contribution is -2.32. The van der Waals surface area contributed by atoms with Crippen molar-refractivity contribution in [2.24, 2.45) is 0 Å². The Labute approximate surface area is 118 Å². The summed E-state index contributed by atoms with van der Waals surface area (Å²) < 4.78 is 22.9. The maximum absolute atomic E-state index is 12.1. The molecule has 2 rings (SSSR count). The number of hydrogen-bond acceptors (Lipinski definition) is 3. The molecule has 1 aromatic carbocycles. The monoisotopic (exact) mass is 301 g/mol. The fraction of sp³-hybridized carbons (Fsp3) is 0.462. The largest absolute Gasteiger partial charge is 0.341 e. The lowest BCUT2D eigenvalue weighted by atomic mass is 10.1. The van der Waals surface area contributed by atoms with Crippen LogP contribution in [0, 0.1) is 0 Å². The quantitative estimate of drug-likeness (QED) is 0.851. The van der Waals surface area contributed by atoms with Gasteiger partial charge in [0, 0.05) is 24.4 Å². The van der Waals surface area contributed by atoms with Gasteiger partial charge in [0.2, 0.25) is 5.91 Å². The molecule has 104 valence electrons. The van der Waals surface area contributed by atoms with E-state index in [1.807, 2.05) is 12.1 Å². The van der Waals surface area contributed by atoms with Gasteiger partial charge in [-0.1, -0.05) is 23.7 Å². The van der Waals surface area contributed by atoms with Gasteiger partial charge in [-0.05, 0) is 24.1 Å². The van der Waals surface area contributed by atoms with Gasteiger partial charge in [0.1, 0.15) is 0 Å². The maximum Gasteiger partial charge on any atom is 0.227 e. The minimum atomic E-state index is -3.06. The van der Waals surface area contributed by atoms with Crippen LogP contribution in [0.4, 0.5) is 0 Å². The zero-order valence-electron chi connectivity index (χ0n) is 10.7. The minimum Gasteiger partial charge on any atom is -0.341 e. The highest BCUT2D eigenvalue weighted by Gasteiger charge is 2.32. The van der Waals surface area contributed by atoms with Crippen molar-refractivity contribution in [3.63, 3.8) is 0 Å². The number of hydrogen-bond donors (Lipinski definition) is 0. The van der Waals surface area contributed by atoms with Crippen molar-refractivity contribution in [3.05, 3.63) is 34.9 Å². The van der Waals surface area contributed by atoms with Crippen LogP contribution < -0.4 is 0 Å². The molecule has 19 heavy (non-hydrogen) atoms. The fourth-order valence-corrected chi connectivity index (χ4v) is 3.30. The van der Waals surface area contributed by atoms with Gasteiger partial charge in [0.15, 0.2) is 9.84 Å². The molecular weight excluding hydrogens is 286 g/mol. The minimum absolute atomic E-state index is 0.0338. The second-order valence-corrected chi connectivity index (χ2v) is 7.65. The van der Waals surface area contributed by atoms with Crippen LogP contribution in [-0.4, -0.2) is 43.8 Å². The molecule has 0 radical (unpaired) electrons. The number of halogens is 1. The summed E-state index contributed by atoms with van der Waals surface area (Å²) >= 11 is 5.78. The van der Waals surface area contributed by atoms with Crippen molar-refractivity contribution in [1.82, 2.24) is 4.90 Å². The molecule has 1 aliphatic heterocycles. The van der Waals surface area contributed by atoms with Gasteiger partial charge in [-0.25, -0.2) is 8.42 Å². The van der Waals surface area contributed by atoms with Gasteiger partial charge < -0.3 is 4.90 Å². The molecule has 6 heteroatoms. The van der Waals surface area contributed by atoms with E-state index in [0.717, 1.165) is 5.56 Å². The molecule has 0 spiro atoms. The first-order valence-corrected chi connectivity index (χ1v) is 8.40. The van der Waals surface area contributed by atoms with E-state index >= 15 is 0 Å². The van der Waals surface area contributed by atoms with Crippen molar-refractivity contribution < 1.29 is 13.2 Å². The first-order chi connectivity index (χ1) is 8.86. The predicted octanol–water partition coefficient (Wildman–Crippen LogP) is 1.53. The van der Waals surface area contributed by atoms with E-state index in [4.69, 9.17) is 11.6 Å². The second kappa shape index (κ2) is 5.51. The number of carbonyl (C=O) groups is 1. The Balaban J connectivity index is 1.97. The van der Waals surface area contributed by atoms with Crippen LogP contribution in [0.3, 0.4) is 0 Å². The van der Waals surface area contributed by atoms with Gasteiger partial charge in [0.25, 0.3) is 0 Å². The number of benzene rings is 1. The van der Waals surface area contributed by atoms with Gasteiger partial charge in [0.05, 0.1) is 11.7 Å². The number of likely N-dealkylation sites (tertiary alicyclic amines) is 1. The average Bonchev–Trinajstić information content (AvgIpc) is 2.81. The molecule has 1 unspecified atom stereocenters. The summed E-state index contributed by atoms with van der Waals surface area (Å²) in [5, 5.41) is 0.219. The van der Waals surface area contributed by atoms with Crippen LogP contribution in [0.25, 0.3) is 0 Å². The van der Waals surface area contributed by atoms with Crippen molar-refractivity contribution in [1.29, 1.82) is 0 Å². The zero-order chi connectivity index (χ0) is 14.0. The van der Waals surface area contributed by atoms with Crippen molar-refractivity contribution in [2.45, 2.75) is 18.1 Å². The highest BCUT2D eigenvalue weighted by atomic mass is 35.5. The summed E-state index contributed by atoms with van der Waals surface area (Å²) in [5.74, 6) is -0.0338. The first kappa shape index (κ1) is 14.3. The van der Waals surface area contributed by atoms with Crippen LogP contribution in [0.15, 0.2) is 24.3 Å². The fourth-order valence-electron chi connectivity index (χ4n) is 2.19. The molecule has 1 atom stereocenters. The van der Waals surface area contributed by atoms with Crippen molar-refractivity contribution in [3.8, 4) is 0 Å². The normalized spacial score (nSPS) is 19.7. The molecule has 1 fully saturated rings. The van der Waals surface area contributed by atoms with E-state index in [1.165, 1.54) is 6.26 Å². The number of nitrogens with zero attached hydrogens (tertiary/aromatic N) is 1. The molecule has 1 aromatic rings. The Kier molecular flexibility index (Phi) is 4.16. The van der Waals surface area contributed by atoms with Crippen LogP contribution in [0.2, 0.25) is 5.02 Å². The molecular formula is C13H16ClNO3S. The Hall–Kier alpha value is -1.07. The molecule has 0 aromatic heterocycles. The van der Waals surface area contributed by atoms with E-state index in [-0.39, 0.29) is 12.3 Å². The lowest BCUT2D eigenvalue weighted by molar-refractivity contribution is -0.129. The first-order valence-electron chi connectivity index (χ1n) is 6.07. The standard InChI is InChI=1S/C13H16ClNO3S/c1-19(17,18)12-6-7-15(9-12)13(16)8-10-2-4-11(14)5-3-10/h2-5,12H,6-9H2,1H3. The smallest absolute Gasteiger partial charge is 0.227 e. The average molecular weight is 302 g/mol. The third-order valence-corrected chi connectivity index (χ3v) is 5.22. The molecule has 1 heterocycles. The Bertz CT molecular complexity index is 568. The second-order valence-electron chi connectivity index (χ2n) is 4.88. The lowest BCUT2D eigenvalue weighted by Gasteiger charge is -2.16. The Morgan fingerprint density at radius 3 is 2.53 bits per heavy atom. The van der Waals surface area contributed by atoms with E-state index in [0.29, 0.717) is 24.5 Å². The molecule has 4 nitrogen and oxygen atoms in total. The summed E-state index contributed by atoms with van der Waals surface area (Å²) in [6.07, 6.45) is 2.05. The Morgan fingerprint density at radius 2 is 2.00 bits per heavy atom. The number of rotatable bonds is 3. The predicted molar refractivity (Wildman–Crippen MR) is 75.0 cm³/mol. The molecule has 0 N–H and O–H groups in total. The van der Waals surface area contributed by atoms with Gasteiger partial charge in [-0.2, -0.15) is 0 Å². The summed E-state index contributed by atoms with van der Waals surface area (Å²) in [6.45, 7) is 0.829. The van der Waals surface area contributed by atoms with Crippen molar-refractivity contribution in [2.75, 3.05) is 19.3 Å². The summed E-state index contributed by atoms with van der Waals surface area (Å²) in [6, 6.07) is 7.11. The highest BCUT2D eigenvalue weighted by molar-refractivity contribution is 7.91. The SMILES string of the molecule is CS(=O)(=O)C1CCN(C(=O)Cc2ccc(Cl)cc2)C1. The van der Waals surface area contributed by atoms with E-state index in [1.54, 1.807) is 17.0 Å². The molecule has 1 amide bonds. The summed E-state index contributed by atoms with van der Waals surface area (Å²) in [5.41, 5.74) is 0.886. The van der Waals surface area contributed by atoms with E-state index in [2.05, 4.69) is 0 Å². The van der Waals surface area contributed by atoms with Gasteiger partial charge in [-0.15, -0.1) is 0 Å². The van der Waals surface area contributed by atoms with Crippen molar-refractivity contribution >= 4 is 27.3 Å². The summed E-state index contributed by atoms with van der Waals surface area (Å²) in [4.78, 5) is 13.7. The molecule has 0 bridgehead atoms. The third kappa shape index (κ3) is 3.70. The van der Waals surface area contributed by atoms with Gasteiger partial charge >= 0.3 is 0 Å². The molecule has 0 aliphatic carbocycles. The number of carbonyl (C=O) groups excluding carboxylic acids is 1. The summed E-state index contributed by atoms with van der Waals surface area (Å²) in [7, 11) is -3.06. The maximum atomic E-state index is 12.1. The van der Waals surface area contributed by atoms with Crippen LogP contribution in [-0.2, 0) is 21.1 Å². The zero-order valence-corrected chi connectivity index (χ0v) is 12.2. The van der Waals surface area contributed by atoms with Crippen LogP contribution >= 0.6 is 11.6 Å². The van der Waals surface area contributed by atoms with Crippen LogP contribution in [0.5, 0.6) is 0 Å². The van der Waals surface area contributed by atoms with E-state index in [9.17, 15) is 13.2 Å². The highest BCUT2D eigenvalue weighted by Crippen LogP contribution is 2.18. The topological polar surface area (TPSA) is 54.5 Å². The number of amides is 1. The third-order valence-electron chi connectivity index (χ3n) is 3.37. The van der Waals surface area contributed by atoms with E-state index < -0.39 is 15.1 Å². The molecule has 1 aliphatic rings. The molecule has 0 saturated carbocycles. The number of sulfone groups is 1.